The SMILES string of the molecule is N[C@H](c1cnc2cc[nH]c2c1)C(F)(F)CO. The molecule has 2 aromatic rings. The summed E-state index contributed by atoms with van der Waals surface area (Å²) in [5.41, 5.74) is 6.89. The van der Waals surface area contributed by atoms with Crippen molar-refractivity contribution in [3.8, 4) is 0 Å². The highest BCUT2D eigenvalue weighted by molar-refractivity contribution is 5.75. The van der Waals surface area contributed by atoms with Crippen molar-refractivity contribution in [1.29, 1.82) is 0 Å². The monoisotopic (exact) mass is 227 g/mol. The molecule has 1 atom stereocenters. The Bertz CT molecular complexity index is 498. The van der Waals surface area contributed by atoms with Crippen LogP contribution in [0.15, 0.2) is 24.5 Å². The van der Waals surface area contributed by atoms with Crippen molar-refractivity contribution in [2.75, 3.05) is 6.61 Å². The Morgan fingerprint density at radius 2 is 2.31 bits per heavy atom. The Morgan fingerprint density at radius 1 is 1.56 bits per heavy atom. The second kappa shape index (κ2) is 3.80. The molecule has 0 saturated carbocycles. The van der Waals surface area contributed by atoms with Crippen molar-refractivity contribution in [3.63, 3.8) is 0 Å². The topological polar surface area (TPSA) is 74.9 Å². The van der Waals surface area contributed by atoms with Crippen molar-refractivity contribution in [1.82, 2.24) is 9.97 Å². The van der Waals surface area contributed by atoms with Crippen LogP contribution in [0.5, 0.6) is 0 Å². The standard InChI is InChI=1S/C10H11F2N3O/c11-10(12,5-16)9(13)6-3-8-7(15-4-6)1-2-14-8/h1-4,9,14,16H,5,13H2/t9-/m1/s1. The van der Waals surface area contributed by atoms with Crippen LogP contribution in [0.25, 0.3) is 11.0 Å². The summed E-state index contributed by atoms with van der Waals surface area (Å²) in [5, 5.41) is 8.54. The highest BCUT2D eigenvalue weighted by Gasteiger charge is 2.37. The van der Waals surface area contributed by atoms with Gasteiger partial charge in [-0.05, 0) is 17.7 Å². The summed E-state index contributed by atoms with van der Waals surface area (Å²) in [7, 11) is 0. The molecule has 0 aliphatic carbocycles. The first-order chi connectivity index (χ1) is 7.54. The number of aliphatic hydroxyl groups excluding tert-OH is 1. The summed E-state index contributed by atoms with van der Waals surface area (Å²) in [4.78, 5) is 6.84. The van der Waals surface area contributed by atoms with E-state index in [-0.39, 0.29) is 5.56 Å². The third kappa shape index (κ3) is 1.77. The first-order valence-electron chi connectivity index (χ1n) is 4.72. The predicted molar refractivity (Wildman–Crippen MR) is 55.1 cm³/mol. The van der Waals surface area contributed by atoms with Gasteiger partial charge in [-0.1, -0.05) is 0 Å². The van der Waals surface area contributed by atoms with Crippen molar-refractivity contribution in [2.24, 2.45) is 5.73 Å². The molecule has 16 heavy (non-hydrogen) atoms. The summed E-state index contributed by atoms with van der Waals surface area (Å²) in [5.74, 6) is -3.35. The van der Waals surface area contributed by atoms with Crippen LogP contribution in [0.4, 0.5) is 8.78 Å². The average molecular weight is 227 g/mol. The number of halogens is 2. The van der Waals surface area contributed by atoms with E-state index in [9.17, 15) is 8.78 Å². The molecule has 0 bridgehead atoms. The lowest BCUT2D eigenvalue weighted by atomic mass is 10.0. The normalized spacial score (nSPS) is 14.2. The number of nitrogens with one attached hydrogen (secondary N) is 1. The number of aliphatic hydroxyl groups is 1. The Morgan fingerprint density at radius 3 is 3.00 bits per heavy atom. The molecular weight excluding hydrogens is 216 g/mol. The fourth-order valence-electron chi connectivity index (χ4n) is 1.46. The molecule has 0 spiro atoms. The summed E-state index contributed by atoms with van der Waals surface area (Å²) in [6.07, 6.45) is 2.96. The molecule has 0 aromatic carbocycles. The zero-order valence-electron chi connectivity index (χ0n) is 8.32. The number of rotatable bonds is 3. The minimum atomic E-state index is -3.35. The lowest BCUT2D eigenvalue weighted by Gasteiger charge is -2.21. The van der Waals surface area contributed by atoms with Gasteiger partial charge in [0.25, 0.3) is 5.92 Å². The lowest BCUT2D eigenvalue weighted by molar-refractivity contribution is -0.0712. The van der Waals surface area contributed by atoms with Gasteiger partial charge >= 0.3 is 0 Å². The van der Waals surface area contributed by atoms with Crippen LogP contribution >= 0.6 is 0 Å². The maximum atomic E-state index is 13.1. The number of pyridine rings is 1. The first-order valence-corrected chi connectivity index (χ1v) is 4.72. The molecule has 0 saturated heterocycles. The Balaban J connectivity index is 2.39. The van der Waals surface area contributed by atoms with Crippen molar-refractivity contribution < 1.29 is 13.9 Å². The van der Waals surface area contributed by atoms with E-state index in [0.29, 0.717) is 11.0 Å². The molecule has 4 nitrogen and oxygen atoms in total. The van der Waals surface area contributed by atoms with E-state index in [0.717, 1.165) is 0 Å². The predicted octanol–water partition coefficient (Wildman–Crippen LogP) is 1.19. The largest absolute Gasteiger partial charge is 0.390 e. The van der Waals surface area contributed by atoms with Crippen LogP contribution < -0.4 is 5.73 Å². The van der Waals surface area contributed by atoms with Gasteiger partial charge in [0.2, 0.25) is 0 Å². The number of nitrogens with two attached hydrogens (primary N) is 1. The molecular formula is C10H11F2N3O. The maximum Gasteiger partial charge on any atom is 0.289 e. The van der Waals surface area contributed by atoms with E-state index in [2.05, 4.69) is 9.97 Å². The third-order valence-electron chi connectivity index (χ3n) is 2.44. The molecule has 2 aromatic heterocycles. The summed E-state index contributed by atoms with van der Waals surface area (Å²) >= 11 is 0. The highest BCUT2D eigenvalue weighted by atomic mass is 19.3. The van der Waals surface area contributed by atoms with Gasteiger partial charge in [0.1, 0.15) is 6.61 Å². The van der Waals surface area contributed by atoms with Gasteiger partial charge in [-0.15, -0.1) is 0 Å². The van der Waals surface area contributed by atoms with Gasteiger partial charge in [-0.3, -0.25) is 4.98 Å². The smallest absolute Gasteiger partial charge is 0.289 e. The second-order valence-electron chi connectivity index (χ2n) is 3.58. The van der Waals surface area contributed by atoms with Gasteiger partial charge < -0.3 is 15.8 Å². The lowest BCUT2D eigenvalue weighted by Crippen LogP contribution is -2.36. The third-order valence-corrected chi connectivity index (χ3v) is 2.44. The molecule has 2 heterocycles. The van der Waals surface area contributed by atoms with Crippen molar-refractivity contribution in [3.05, 3.63) is 30.1 Å². The Kier molecular flexibility index (Phi) is 2.61. The van der Waals surface area contributed by atoms with Crippen LogP contribution in [0.2, 0.25) is 0 Å². The maximum absolute atomic E-state index is 13.1. The van der Waals surface area contributed by atoms with E-state index in [1.807, 2.05) is 0 Å². The Labute approximate surface area is 90.1 Å². The van der Waals surface area contributed by atoms with E-state index < -0.39 is 18.6 Å². The molecule has 6 heteroatoms. The van der Waals surface area contributed by atoms with Crippen LogP contribution in [-0.4, -0.2) is 27.6 Å². The number of hydrogen-bond acceptors (Lipinski definition) is 3. The second-order valence-corrected chi connectivity index (χ2v) is 3.58. The summed E-state index contributed by atoms with van der Waals surface area (Å²) in [6.45, 7) is -1.28. The van der Waals surface area contributed by atoms with E-state index >= 15 is 0 Å². The fraction of sp³-hybridized carbons (Fsp3) is 0.300. The minimum absolute atomic E-state index is 0.189. The molecule has 86 valence electrons. The van der Waals surface area contributed by atoms with Gasteiger partial charge in [0.05, 0.1) is 17.1 Å². The van der Waals surface area contributed by atoms with Crippen LogP contribution in [0.3, 0.4) is 0 Å². The number of aromatic nitrogens is 2. The number of aromatic amines is 1. The molecule has 0 radical (unpaired) electrons. The average Bonchev–Trinajstić information content (AvgIpc) is 2.74. The molecule has 2 rings (SSSR count). The molecule has 0 aliphatic heterocycles. The summed E-state index contributed by atoms with van der Waals surface area (Å²) < 4.78 is 26.3. The molecule has 0 fully saturated rings. The number of alkyl halides is 2. The van der Waals surface area contributed by atoms with Gasteiger partial charge in [-0.25, -0.2) is 8.78 Å². The molecule has 0 unspecified atom stereocenters. The minimum Gasteiger partial charge on any atom is -0.390 e. The number of H-pyrrole nitrogens is 1. The van der Waals surface area contributed by atoms with Gasteiger partial charge in [0.15, 0.2) is 0 Å². The highest BCUT2D eigenvalue weighted by Crippen LogP contribution is 2.29. The van der Waals surface area contributed by atoms with Gasteiger partial charge in [-0.2, -0.15) is 0 Å². The number of nitrogens with zero attached hydrogens (tertiary/aromatic N) is 1. The van der Waals surface area contributed by atoms with E-state index in [1.165, 1.54) is 12.3 Å². The van der Waals surface area contributed by atoms with Crippen LogP contribution in [-0.2, 0) is 0 Å². The van der Waals surface area contributed by atoms with Crippen molar-refractivity contribution in [2.45, 2.75) is 12.0 Å². The van der Waals surface area contributed by atoms with Crippen molar-refractivity contribution >= 4 is 11.0 Å². The van der Waals surface area contributed by atoms with E-state index in [4.69, 9.17) is 10.8 Å². The van der Waals surface area contributed by atoms with E-state index in [1.54, 1.807) is 12.3 Å². The number of fused-ring (bicyclic) bond motifs is 1. The molecule has 0 aliphatic rings. The summed E-state index contributed by atoms with van der Waals surface area (Å²) in [6, 6.07) is 1.68. The number of hydrogen-bond donors (Lipinski definition) is 3. The Hall–Kier alpha value is -1.53. The van der Waals surface area contributed by atoms with Crippen LogP contribution in [0, 0.1) is 0 Å². The quantitative estimate of drug-likeness (QED) is 0.737. The molecule has 4 N–H and O–H groups in total. The fourth-order valence-corrected chi connectivity index (χ4v) is 1.46. The zero-order chi connectivity index (χ0) is 11.8. The van der Waals surface area contributed by atoms with Gasteiger partial charge in [0, 0.05) is 12.4 Å². The first kappa shape index (κ1) is 11.0. The van der Waals surface area contributed by atoms with Crippen LogP contribution in [0.1, 0.15) is 11.6 Å². The zero-order valence-corrected chi connectivity index (χ0v) is 8.32. The molecule has 0 amide bonds.